The average Bonchev–Trinajstić information content (AvgIpc) is 2.61. The van der Waals surface area contributed by atoms with Gasteiger partial charge in [-0.3, -0.25) is 0 Å². The molecule has 0 saturated carbocycles. The lowest BCUT2D eigenvalue weighted by molar-refractivity contribution is -0.135. The summed E-state index contributed by atoms with van der Waals surface area (Å²) in [6.07, 6.45) is 2.61. The zero-order valence-electron chi connectivity index (χ0n) is 13.0. The van der Waals surface area contributed by atoms with E-state index in [1.54, 1.807) is 10.8 Å². The van der Waals surface area contributed by atoms with E-state index in [0.717, 1.165) is 11.0 Å². The SMILES string of the molecule is COC(=O)C=CSc1nc2ccccc2nc1SC=CC(=O)OC. The molecule has 0 saturated heterocycles. The van der Waals surface area contributed by atoms with Gasteiger partial charge < -0.3 is 9.47 Å². The predicted octanol–water partition coefficient (Wildman–Crippen LogP) is 3.19. The predicted molar refractivity (Wildman–Crippen MR) is 93.6 cm³/mol. The first kappa shape index (κ1) is 18.0. The van der Waals surface area contributed by atoms with Crippen LogP contribution in [0.2, 0.25) is 0 Å². The van der Waals surface area contributed by atoms with Crippen molar-refractivity contribution in [3.63, 3.8) is 0 Å². The van der Waals surface area contributed by atoms with Crippen molar-refractivity contribution in [3.05, 3.63) is 47.2 Å². The van der Waals surface area contributed by atoms with E-state index in [-0.39, 0.29) is 0 Å². The second-order valence-electron chi connectivity index (χ2n) is 4.21. The van der Waals surface area contributed by atoms with Gasteiger partial charge in [-0.05, 0) is 22.9 Å². The van der Waals surface area contributed by atoms with Crippen LogP contribution >= 0.6 is 23.5 Å². The van der Waals surface area contributed by atoms with Gasteiger partial charge in [0.25, 0.3) is 0 Å². The number of hydrogen-bond acceptors (Lipinski definition) is 8. The summed E-state index contributed by atoms with van der Waals surface area (Å²) < 4.78 is 9.10. The Balaban J connectivity index is 2.29. The van der Waals surface area contributed by atoms with E-state index in [2.05, 4.69) is 19.4 Å². The number of benzene rings is 1. The summed E-state index contributed by atoms with van der Waals surface area (Å²) in [6, 6.07) is 7.46. The molecule has 0 fully saturated rings. The first-order valence-corrected chi connectivity index (χ1v) is 8.49. The third-order valence-corrected chi connectivity index (χ3v) is 4.37. The number of carbonyl (C=O) groups is 2. The lowest BCUT2D eigenvalue weighted by atomic mass is 10.3. The fourth-order valence-electron chi connectivity index (χ4n) is 1.57. The van der Waals surface area contributed by atoms with Crippen molar-refractivity contribution in [2.75, 3.05) is 14.2 Å². The van der Waals surface area contributed by atoms with Gasteiger partial charge in [-0.15, -0.1) is 0 Å². The summed E-state index contributed by atoms with van der Waals surface area (Å²) in [5.74, 6) is -0.896. The van der Waals surface area contributed by atoms with Crippen LogP contribution in [0.4, 0.5) is 0 Å². The molecule has 1 aromatic carbocycles. The number of methoxy groups -OCH3 is 2. The van der Waals surface area contributed by atoms with Gasteiger partial charge in [-0.1, -0.05) is 35.7 Å². The van der Waals surface area contributed by atoms with Crippen molar-refractivity contribution in [2.45, 2.75) is 10.1 Å². The quantitative estimate of drug-likeness (QED) is 0.440. The highest BCUT2D eigenvalue weighted by atomic mass is 32.2. The zero-order chi connectivity index (χ0) is 17.4. The maximum absolute atomic E-state index is 11.2. The molecule has 0 bridgehead atoms. The molecule has 0 N–H and O–H groups in total. The molecule has 0 aliphatic rings. The van der Waals surface area contributed by atoms with Crippen molar-refractivity contribution in [3.8, 4) is 0 Å². The van der Waals surface area contributed by atoms with E-state index in [1.807, 2.05) is 24.3 Å². The van der Waals surface area contributed by atoms with Crippen LogP contribution in [0.5, 0.6) is 0 Å². The average molecular weight is 362 g/mol. The van der Waals surface area contributed by atoms with Crippen molar-refractivity contribution < 1.29 is 19.1 Å². The standard InChI is InChI=1S/C16H14N2O4S2/c1-21-13(19)7-9-23-15-16(24-10-8-14(20)22-2)18-12-6-4-3-5-11(12)17-15/h3-10H,1-2H3. The van der Waals surface area contributed by atoms with Crippen LogP contribution in [-0.2, 0) is 19.1 Å². The molecule has 8 heteroatoms. The van der Waals surface area contributed by atoms with Crippen LogP contribution in [0.1, 0.15) is 0 Å². The molecule has 6 nitrogen and oxygen atoms in total. The summed E-state index contributed by atoms with van der Waals surface area (Å²) in [5, 5.41) is 4.40. The van der Waals surface area contributed by atoms with Crippen molar-refractivity contribution >= 4 is 46.5 Å². The fraction of sp³-hybridized carbons (Fsp3) is 0.125. The number of fused-ring (bicyclic) bond motifs is 1. The van der Waals surface area contributed by atoms with Gasteiger partial charge in [0.2, 0.25) is 0 Å². The van der Waals surface area contributed by atoms with Gasteiger partial charge in [-0.2, -0.15) is 0 Å². The molecule has 1 heterocycles. The molecule has 124 valence electrons. The number of carbonyl (C=O) groups excluding carboxylic acids is 2. The molecule has 0 aliphatic carbocycles. The number of ether oxygens (including phenoxy) is 2. The summed E-state index contributed by atoms with van der Waals surface area (Å²) >= 11 is 2.49. The lowest BCUT2D eigenvalue weighted by Crippen LogP contribution is -1.94. The Morgan fingerprint density at radius 1 is 0.875 bits per heavy atom. The van der Waals surface area contributed by atoms with Gasteiger partial charge in [0.1, 0.15) is 10.1 Å². The van der Waals surface area contributed by atoms with Crippen LogP contribution < -0.4 is 0 Å². The normalized spacial score (nSPS) is 11.2. The zero-order valence-corrected chi connectivity index (χ0v) is 14.6. The number of aromatic nitrogens is 2. The summed E-state index contributed by atoms with van der Waals surface area (Å²) in [7, 11) is 2.62. The summed E-state index contributed by atoms with van der Waals surface area (Å²) in [5.41, 5.74) is 1.49. The molecule has 0 radical (unpaired) electrons. The molecular formula is C16H14N2O4S2. The number of para-hydroxylation sites is 2. The molecule has 0 unspecified atom stereocenters. The smallest absolute Gasteiger partial charge is 0.330 e. The van der Waals surface area contributed by atoms with Gasteiger partial charge in [0.15, 0.2) is 0 Å². The van der Waals surface area contributed by atoms with Crippen LogP contribution in [-0.4, -0.2) is 36.1 Å². The van der Waals surface area contributed by atoms with E-state index >= 15 is 0 Å². The third-order valence-electron chi connectivity index (χ3n) is 2.68. The second-order valence-corrected chi connectivity index (χ2v) is 6.00. The Labute approximate surface area is 147 Å². The number of nitrogens with zero attached hydrogens (tertiary/aromatic N) is 2. The molecule has 0 aliphatic heterocycles. The maximum atomic E-state index is 11.2. The van der Waals surface area contributed by atoms with E-state index in [0.29, 0.717) is 10.1 Å². The third kappa shape index (κ3) is 5.10. The molecule has 0 amide bonds. The van der Waals surface area contributed by atoms with Crippen molar-refractivity contribution in [1.29, 1.82) is 0 Å². The fourth-order valence-corrected chi connectivity index (χ4v) is 3.07. The van der Waals surface area contributed by atoms with Crippen LogP contribution in [0, 0.1) is 0 Å². The van der Waals surface area contributed by atoms with Crippen LogP contribution in [0.15, 0.2) is 57.3 Å². The van der Waals surface area contributed by atoms with Crippen LogP contribution in [0.25, 0.3) is 11.0 Å². The molecule has 1 aromatic heterocycles. The molecule has 0 spiro atoms. The Bertz CT molecular complexity index is 739. The monoisotopic (exact) mass is 362 g/mol. The first-order chi connectivity index (χ1) is 11.6. The number of rotatable bonds is 6. The maximum Gasteiger partial charge on any atom is 0.330 e. The van der Waals surface area contributed by atoms with E-state index in [1.165, 1.54) is 49.9 Å². The minimum Gasteiger partial charge on any atom is -0.466 e. The minimum atomic E-state index is -0.448. The second kappa shape index (κ2) is 9.09. The topological polar surface area (TPSA) is 78.4 Å². The number of hydrogen-bond donors (Lipinski definition) is 0. The molecule has 2 rings (SSSR count). The Kier molecular flexibility index (Phi) is 6.83. The molecule has 2 aromatic rings. The van der Waals surface area contributed by atoms with Gasteiger partial charge in [0.05, 0.1) is 25.3 Å². The first-order valence-electron chi connectivity index (χ1n) is 6.73. The van der Waals surface area contributed by atoms with Gasteiger partial charge in [-0.25, -0.2) is 19.6 Å². The number of esters is 2. The largest absolute Gasteiger partial charge is 0.466 e. The Morgan fingerprint density at radius 2 is 1.29 bits per heavy atom. The highest BCUT2D eigenvalue weighted by Crippen LogP contribution is 2.30. The lowest BCUT2D eigenvalue weighted by Gasteiger charge is -2.05. The van der Waals surface area contributed by atoms with Crippen molar-refractivity contribution in [1.82, 2.24) is 9.97 Å². The Hall–Kier alpha value is -2.32. The van der Waals surface area contributed by atoms with E-state index < -0.39 is 11.9 Å². The van der Waals surface area contributed by atoms with Crippen molar-refractivity contribution in [2.24, 2.45) is 0 Å². The highest BCUT2D eigenvalue weighted by molar-refractivity contribution is 8.05. The minimum absolute atomic E-state index is 0.448. The van der Waals surface area contributed by atoms with Gasteiger partial charge >= 0.3 is 11.9 Å². The number of thioether (sulfide) groups is 2. The Morgan fingerprint density at radius 3 is 1.67 bits per heavy atom. The molecular weight excluding hydrogens is 348 g/mol. The van der Waals surface area contributed by atoms with E-state index in [4.69, 9.17) is 0 Å². The molecule has 0 atom stereocenters. The van der Waals surface area contributed by atoms with Crippen LogP contribution in [0.3, 0.4) is 0 Å². The summed E-state index contributed by atoms with van der Waals surface area (Å²) in [4.78, 5) is 31.4. The molecule has 24 heavy (non-hydrogen) atoms. The highest BCUT2D eigenvalue weighted by Gasteiger charge is 2.09. The summed E-state index contributed by atoms with van der Waals surface area (Å²) in [6.45, 7) is 0. The van der Waals surface area contributed by atoms with E-state index in [9.17, 15) is 9.59 Å². The van der Waals surface area contributed by atoms with Gasteiger partial charge in [0, 0.05) is 12.2 Å².